The van der Waals surface area contributed by atoms with Crippen LogP contribution in [0.25, 0.3) is 44.7 Å². The van der Waals surface area contributed by atoms with Gasteiger partial charge in [0.1, 0.15) is 11.2 Å². The number of nitrogens with one attached hydrogen (secondary N) is 3. The van der Waals surface area contributed by atoms with Crippen molar-refractivity contribution in [1.29, 1.82) is 0 Å². The number of aromatic nitrogens is 6. The lowest BCUT2D eigenvalue weighted by Crippen LogP contribution is -2.29. The highest BCUT2D eigenvalue weighted by molar-refractivity contribution is 5.97. The van der Waals surface area contributed by atoms with Gasteiger partial charge in [0.25, 0.3) is 0 Å². The number of nitrogens with zero attached hydrogens (tertiary/aromatic N) is 5. The van der Waals surface area contributed by atoms with Crippen molar-refractivity contribution in [3.05, 3.63) is 48.9 Å². The summed E-state index contributed by atoms with van der Waals surface area (Å²) in [5.41, 5.74) is 7.04. The summed E-state index contributed by atoms with van der Waals surface area (Å²) in [5.74, 6) is 0.937. The Balaban J connectivity index is 1.25. The number of benzene rings is 1. The van der Waals surface area contributed by atoms with Crippen LogP contribution in [0.1, 0.15) is 32.1 Å². The zero-order valence-electron chi connectivity index (χ0n) is 19.8. The van der Waals surface area contributed by atoms with E-state index in [1.165, 1.54) is 24.9 Å². The van der Waals surface area contributed by atoms with Crippen LogP contribution in [0.2, 0.25) is 0 Å². The van der Waals surface area contributed by atoms with Crippen molar-refractivity contribution in [2.24, 2.45) is 5.92 Å². The zero-order chi connectivity index (χ0) is 24.1. The number of fused-ring (bicyclic) bond motifs is 2. The van der Waals surface area contributed by atoms with Gasteiger partial charge in [-0.25, -0.2) is 9.97 Å². The van der Waals surface area contributed by atoms with Crippen LogP contribution in [0.4, 0.5) is 11.4 Å². The molecule has 3 N–H and O–H groups in total. The van der Waals surface area contributed by atoms with Gasteiger partial charge >= 0.3 is 0 Å². The number of rotatable bonds is 5. The third kappa shape index (κ3) is 3.77. The number of pyridine rings is 2. The number of aromatic amines is 2. The van der Waals surface area contributed by atoms with Gasteiger partial charge in [-0.15, -0.1) is 0 Å². The standard InChI is InChI=1S/C27H26N8O/c36-27(16-7-8-16)30-19-11-17(13-28-15-19)18-12-20-23(33-34-25(20)29-14-18)26-31-21-5-4-6-22(24(21)32-26)35-9-2-1-3-10-35/h4-6,11-16H,1-3,7-10H2,(H,30,36)(H,31,32)(H,29,33,34). The molecule has 0 unspecified atom stereocenters. The maximum absolute atomic E-state index is 12.2. The van der Waals surface area contributed by atoms with E-state index in [1.54, 1.807) is 18.6 Å². The lowest BCUT2D eigenvalue weighted by molar-refractivity contribution is -0.117. The van der Waals surface area contributed by atoms with Crippen LogP contribution >= 0.6 is 0 Å². The van der Waals surface area contributed by atoms with Crippen molar-refractivity contribution in [2.45, 2.75) is 32.1 Å². The van der Waals surface area contributed by atoms with Gasteiger partial charge in [-0.3, -0.25) is 14.9 Å². The number of anilines is 2. The molecule has 0 spiro atoms. The quantitative estimate of drug-likeness (QED) is 0.331. The Morgan fingerprint density at radius 2 is 1.89 bits per heavy atom. The summed E-state index contributed by atoms with van der Waals surface area (Å²) in [6, 6.07) is 10.3. The summed E-state index contributed by atoms with van der Waals surface area (Å²) in [5, 5.41) is 11.4. The number of carbonyl (C=O) groups is 1. The van der Waals surface area contributed by atoms with Crippen LogP contribution in [-0.2, 0) is 4.79 Å². The average Bonchev–Trinajstić information content (AvgIpc) is 3.55. The molecule has 2 aliphatic rings. The van der Waals surface area contributed by atoms with Crippen molar-refractivity contribution in [3.8, 4) is 22.6 Å². The molecule has 5 aromatic rings. The monoisotopic (exact) mass is 478 g/mol. The Morgan fingerprint density at radius 1 is 1.03 bits per heavy atom. The summed E-state index contributed by atoms with van der Waals surface area (Å²) in [7, 11) is 0. The van der Waals surface area contributed by atoms with E-state index in [0.717, 1.165) is 65.0 Å². The molecule has 1 aliphatic carbocycles. The van der Waals surface area contributed by atoms with E-state index in [2.05, 4.69) is 53.6 Å². The molecule has 0 radical (unpaired) electrons. The topological polar surface area (TPSA) is 115 Å². The second-order valence-corrected chi connectivity index (χ2v) is 9.73. The molecule has 36 heavy (non-hydrogen) atoms. The van der Waals surface area contributed by atoms with Gasteiger partial charge in [-0.05, 0) is 56.4 Å². The van der Waals surface area contributed by atoms with Crippen LogP contribution in [-0.4, -0.2) is 49.1 Å². The van der Waals surface area contributed by atoms with E-state index in [1.807, 2.05) is 12.1 Å². The van der Waals surface area contributed by atoms with Crippen molar-refractivity contribution >= 4 is 39.3 Å². The smallest absolute Gasteiger partial charge is 0.227 e. The SMILES string of the molecule is O=C(Nc1cncc(-c2cnc3n[nH]c(-c4nc5c(N6CCCCC6)cccc5[nH]4)c3c2)c1)C1CC1. The van der Waals surface area contributed by atoms with Crippen LogP contribution in [0.5, 0.6) is 0 Å². The van der Waals surface area contributed by atoms with Crippen molar-refractivity contribution in [1.82, 2.24) is 30.1 Å². The van der Waals surface area contributed by atoms with E-state index in [0.29, 0.717) is 11.3 Å². The van der Waals surface area contributed by atoms with E-state index < -0.39 is 0 Å². The predicted molar refractivity (Wildman–Crippen MR) is 140 cm³/mol. The first kappa shape index (κ1) is 21.0. The zero-order valence-corrected chi connectivity index (χ0v) is 19.8. The molecule has 5 heterocycles. The molecule has 1 saturated carbocycles. The minimum absolute atomic E-state index is 0.0634. The van der Waals surface area contributed by atoms with Crippen LogP contribution in [0.3, 0.4) is 0 Å². The Bertz CT molecular complexity index is 1590. The number of H-pyrrole nitrogens is 2. The molecule has 7 rings (SSSR count). The first-order valence-electron chi connectivity index (χ1n) is 12.6. The first-order chi connectivity index (χ1) is 17.7. The van der Waals surface area contributed by atoms with Gasteiger partial charge in [0.05, 0.1) is 28.5 Å². The third-order valence-electron chi connectivity index (χ3n) is 7.12. The summed E-state index contributed by atoms with van der Waals surface area (Å²) >= 11 is 0. The maximum Gasteiger partial charge on any atom is 0.227 e. The molecule has 2 fully saturated rings. The summed E-state index contributed by atoms with van der Waals surface area (Å²) in [6.07, 6.45) is 10.9. The van der Waals surface area contributed by atoms with E-state index in [4.69, 9.17) is 4.98 Å². The lowest BCUT2D eigenvalue weighted by Gasteiger charge is -2.28. The van der Waals surface area contributed by atoms with E-state index >= 15 is 0 Å². The van der Waals surface area contributed by atoms with Crippen molar-refractivity contribution in [3.63, 3.8) is 0 Å². The fraction of sp³-hybridized carbons (Fsp3) is 0.296. The Kier molecular flexibility index (Phi) is 4.93. The molecule has 1 amide bonds. The molecule has 0 atom stereocenters. The molecule has 1 saturated heterocycles. The molecule has 0 bridgehead atoms. The minimum atomic E-state index is 0.0634. The van der Waals surface area contributed by atoms with Crippen molar-refractivity contribution < 1.29 is 4.79 Å². The second kappa shape index (κ2) is 8.44. The van der Waals surface area contributed by atoms with Gasteiger partial charge < -0.3 is 15.2 Å². The molecule has 180 valence electrons. The van der Waals surface area contributed by atoms with Crippen LogP contribution < -0.4 is 10.2 Å². The normalized spacial score (nSPS) is 16.1. The largest absolute Gasteiger partial charge is 0.370 e. The van der Waals surface area contributed by atoms with Crippen LogP contribution in [0.15, 0.2) is 48.9 Å². The highest BCUT2D eigenvalue weighted by Gasteiger charge is 2.29. The molecule has 4 aromatic heterocycles. The third-order valence-corrected chi connectivity index (χ3v) is 7.12. The number of imidazole rings is 1. The molecule has 9 nitrogen and oxygen atoms in total. The van der Waals surface area contributed by atoms with Gasteiger partial charge in [0.15, 0.2) is 11.5 Å². The Hall–Kier alpha value is -4.27. The van der Waals surface area contributed by atoms with E-state index in [9.17, 15) is 4.79 Å². The summed E-state index contributed by atoms with van der Waals surface area (Å²) in [4.78, 5) is 32.0. The predicted octanol–water partition coefficient (Wildman–Crippen LogP) is 4.90. The highest BCUT2D eigenvalue weighted by atomic mass is 16.2. The molecular formula is C27H26N8O. The number of piperidine rings is 1. The fourth-order valence-electron chi connectivity index (χ4n) is 5.02. The van der Waals surface area contributed by atoms with Gasteiger partial charge in [-0.1, -0.05) is 6.07 Å². The minimum Gasteiger partial charge on any atom is -0.370 e. The number of carbonyl (C=O) groups excluding carboxylic acids is 1. The fourth-order valence-corrected chi connectivity index (χ4v) is 5.02. The van der Waals surface area contributed by atoms with Gasteiger partial charge in [-0.2, -0.15) is 5.10 Å². The average molecular weight is 479 g/mol. The second-order valence-electron chi connectivity index (χ2n) is 9.73. The lowest BCUT2D eigenvalue weighted by atomic mass is 10.1. The first-order valence-corrected chi connectivity index (χ1v) is 12.6. The molecule has 1 aliphatic heterocycles. The summed E-state index contributed by atoms with van der Waals surface area (Å²) < 4.78 is 0. The van der Waals surface area contributed by atoms with E-state index in [-0.39, 0.29) is 11.8 Å². The number of amides is 1. The highest BCUT2D eigenvalue weighted by Crippen LogP contribution is 2.34. The summed E-state index contributed by atoms with van der Waals surface area (Å²) in [6.45, 7) is 2.13. The van der Waals surface area contributed by atoms with Crippen LogP contribution in [0, 0.1) is 5.92 Å². The van der Waals surface area contributed by atoms with Crippen molar-refractivity contribution in [2.75, 3.05) is 23.3 Å². The maximum atomic E-state index is 12.2. The number of para-hydroxylation sites is 1. The molecular weight excluding hydrogens is 452 g/mol. The van der Waals surface area contributed by atoms with Gasteiger partial charge in [0, 0.05) is 42.5 Å². The molecule has 1 aromatic carbocycles. The number of hydrogen-bond donors (Lipinski definition) is 3. The van der Waals surface area contributed by atoms with Gasteiger partial charge in [0.2, 0.25) is 5.91 Å². The Labute approximate surface area is 207 Å². The number of hydrogen-bond acceptors (Lipinski definition) is 6. The molecule has 9 heteroatoms. The Morgan fingerprint density at radius 3 is 2.75 bits per heavy atom.